The molecule has 1 aliphatic carbocycles. The van der Waals surface area contributed by atoms with Gasteiger partial charge in [0.05, 0.1) is 0 Å². The summed E-state index contributed by atoms with van der Waals surface area (Å²) in [4.78, 5) is 13.7. The van der Waals surface area contributed by atoms with Gasteiger partial charge in [0.25, 0.3) is 5.56 Å². The maximum absolute atomic E-state index is 11.2. The van der Waals surface area contributed by atoms with Crippen LogP contribution in [0.2, 0.25) is 0 Å². The third-order valence-electron chi connectivity index (χ3n) is 3.01. The van der Waals surface area contributed by atoms with Gasteiger partial charge in [-0.15, -0.1) is 0 Å². The predicted molar refractivity (Wildman–Crippen MR) is 79.4 cm³/mol. The molecule has 4 N–H and O–H groups in total. The number of benzene rings is 1. The minimum Gasteiger partial charge on any atom is -0.508 e. The lowest BCUT2D eigenvalue weighted by molar-refractivity contribution is 0.476. The van der Waals surface area contributed by atoms with Gasteiger partial charge in [-0.2, -0.15) is 0 Å². The summed E-state index contributed by atoms with van der Waals surface area (Å²) in [7, 11) is 1.50. The number of hydrogen-bond donors (Lipinski definition) is 3. The minimum atomic E-state index is -0.132. The zero-order chi connectivity index (χ0) is 14.1. The lowest BCUT2D eigenvalue weighted by atomic mass is 10.2. The third kappa shape index (κ3) is 4.75. The van der Waals surface area contributed by atoms with Crippen LogP contribution in [0.5, 0.6) is 5.75 Å². The topological polar surface area (TPSA) is 79.1 Å². The van der Waals surface area contributed by atoms with Crippen molar-refractivity contribution in [2.75, 3.05) is 7.05 Å². The summed E-state index contributed by atoms with van der Waals surface area (Å²) < 4.78 is 0. The highest BCUT2D eigenvalue weighted by Crippen LogP contribution is 2.16. The molecule has 1 aromatic carbocycles. The number of pyridine rings is 1. The zero-order valence-electron chi connectivity index (χ0n) is 11.4. The van der Waals surface area contributed by atoms with E-state index in [4.69, 9.17) is 5.11 Å². The van der Waals surface area contributed by atoms with E-state index in [9.17, 15) is 4.79 Å². The molecule has 0 atom stereocenters. The first kappa shape index (κ1) is 15.2. The first-order valence-corrected chi connectivity index (χ1v) is 6.65. The Morgan fingerprint density at radius 1 is 1.05 bits per heavy atom. The van der Waals surface area contributed by atoms with Crippen molar-refractivity contribution in [2.45, 2.75) is 32.1 Å². The van der Waals surface area contributed by atoms with E-state index in [2.05, 4.69) is 10.7 Å². The van der Waals surface area contributed by atoms with Crippen LogP contribution in [-0.4, -0.2) is 17.1 Å². The monoisotopic (exact) mass is 262 g/mol. The molecular weight excluding hydrogens is 240 g/mol. The van der Waals surface area contributed by atoms with Crippen molar-refractivity contribution in [3.05, 3.63) is 40.8 Å². The van der Waals surface area contributed by atoms with E-state index in [0.717, 1.165) is 5.39 Å². The second kappa shape index (κ2) is 8.32. The van der Waals surface area contributed by atoms with Gasteiger partial charge in [-0.1, -0.05) is 32.1 Å². The smallest absolute Gasteiger partial charge is 0.255 e. The van der Waals surface area contributed by atoms with Crippen molar-refractivity contribution < 1.29 is 5.11 Å². The van der Waals surface area contributed by atoms with Gasteiger partial charge >= 0.3 is 0 Å². The molecular formula is C15H22N2O2. The number of phenolic OH excluding ortho intramolecular Hbond substituents is 1. The zero-order valence-corrected chi connectivity index (χ0v) is 11.4. The largest absolute Gasteiger partial charge is 0.508 e. The highest BCUT2D eigenvalue weighted by atomic mass is 16.3. The Balaban J connectivity index is 0.000000216. The molecule has 1 aliphatic rings. The fourth-order valence-corrected chi connectivity index (χ4v) is 2.06. The van der Waals surface area contributed by atoms with Gasteiger partial charge in [-0.05, 0) is 36.7 Å². The van der Waals surface area contributed by atoms with Crippen LogP contribution in [0.25, 0.3) is 10.8 Å². The predicted octanol–water partition coefficient (Wildman–Crippen LogP) is 2.76. The lowest BCUT2D eigenvalue weighted by Crippen LogP contribution is -2.03. The van der Waals surface area contributed by atoms with E-state index in [0.29, 0.717) is 5.39 Å². The van der Waals surface area contributed by atoms with Crippen LogP contribution in [0.1, 0.15) is 32.1 Å². The van der Waals surface area contributed by atoms with E-state index in [1.54, 1.807) is 24.4 Å². The van der Waals surface area contributed by atoms with Crippen LogP contribution in [0.15, 0.2) is 35.3 Å². The first-order valence-electron chi connectivity index (χ1n) is 6.65. The van der Waals surface area contributed by atoms with Crippen molar-refractivity contribution in [1.29, 1.82) is 0 Å². The highest BCUT2D eigenvalue weighted by molar-refractivity contribution is 5.82. The Hall–Kier alpha value is -1.81. The van der Waals surface area contributed by atoms with E-state index >= 15 is 0 Å². The normalized spacial score (nSPS) is 13.2. The molecule has 3 rings (SSSR count). The van der Waals surface area contributed by atoms with E-state index < -0.39 is 0 Å². The lowest BCUT2D eigenvalue weighted by Gasteiger charge is -1.95. The maximum atomic E-state index is 11.2. The molecule has 1 heterocycles. The Morgan fingerprint density at radius 3 is 2.21 bits per heavy atom. The summed E-state index contributed by atoms with van der Waals surface area (Å²) in [6, 6.07) is 6.40. The van der Waals surface area contributed by atoms with E-state index in [1.165, 1.54) is 45.2 Å². The van der Waals surface area contributed by atoms with Crippen molar-refractivity contribution >= 4 is 10.8 Å². The van der Waals surface area contributed by atoms with Gasteiger partial charge in [-0.25, -0.2) is 0 Å². The van der Waals surface area contributed by atoms with Crippen molar-refractivity contribution in [3.63, 3.8) is 0 Å². The molecule has 0 radical (unpaired) electrons. The molecule has 104 valence electrons. The molecule has 0 amide bonds. The molecule has 0 aliphatic heterocycles. The Kier molecular flexibility index (Phi) is 6.68. The average molecular weight is 262 g/mol. The number of phenols is 1. The standard InChI is InChI=1S/C9H7NO2.C5H10.CH5N/c11-7-1-2-8-6(5-7)3-4-10-9(8)12;1-2-4-5-3-1;1-2/h1-5,11H,(H,10,12);1-5H2;2H2,1H3. The minimum absolute atomic E-state index is 0.132. The average Bonchev–Trinajstić information content (AvgIpc) is 3.00. The molecule has 1 fully saturated rings. The van der Waals surface area contributed by atoms with E-state index in [1.807, 2.05) is 0 Å². The molecule has 0 unspecified atom stereocenters. The number of aromatic nitrogens is 1. The molecule has 1 aromatic heterocycles. The molecule has 0 bridgehead atoms. The van der Waals surface area contributed by atoms with Gasteiger partial charge in [0.1, 0.15) is 5.75 Å². The Labute approximate surface area is 113 Å². The van der Waals surface area contributed by atoms with Crippen LogP contribution in [0.3, 0.4) is 0 Å². The molecule has 2 aromatic rings. The second-order valence-electron chi connectivity index (χ2n) is 4.35. The number of aromatic hydroxyl groups is 1. The molecule has 19 heavy (non-hydrogen) atoms. The fraction of sp³-hybridized carbons (Fsp3) is 0.400. The van der Waals surface area contributed by atoms with E-state index in [-0.39, 0.29) is 11.3 Å². The maximum Gasteiger partial charge on any atom is 0.255 e. The summed E-state index contributed by atoms with van der Waals surface area (Å²) in [5.74, 6) is 0.174. The number of aromatic amines is 1. The fourth-order valence-electron chi connectivity index (χ4n) is 2.06. The third-order valence-corrected chi connectivity index (χ3v) is 3.01. The van der Waals surface area contributed by atoms with Gasteiger partial charge in [0, 0.05) is 11.6 Å². The number of hydrogen-bond acceptors (Lipinski definition) is 3. The molecule has 0 saturated heterocycles. The van der Waals surface area contributed by atoms with Gasteiger partial charge in [0.15, 0.2) is 0 Å². The number of H-pyrrole nitrogens is 1. The molecule has 0 spiro atoms. The first-order chi connectivity index (χ1) is 9.27. The summed E-state index contributed by atoms with van der Waals surface area (Å²) in [6.07, 6.45) is 9.06. The van der Waals surface area contributed by atoms with Crippen molar-refractivity contribution in [1.82, 2.24) is 4.98 Å². The summed E-state index contributed by atoms with van der Waals surface area (Å²) in [5.41, 5.74) is 4.37. The van der Waals surface area contributed by atoms with Crippen LogP contribution in [0.4, 0.5) is 0 Å². The quantitative estimate of drug-likeness (QED) is 0.683. The van der Waals surface area contributed by atoms with Crippen molar-refractivity contribution in [2.24, 2.45) is 5.73 Å². The molecule has 4 heteroatoms. The Morgan fingerprint density at radius 2 is 1.63 bits per heavy atom. The Bertz CT molecular complexity index is 537. The number of fused-ring (bicyclic) bond motifs is 1. The van der Waals surface area contributed by atoms with Gasteiger partial charge < -0.3 is 15.8 Å². The van der Waals surface area contributed by atoms with Crippen LogP contribution in [-0.2, 0) is 0 Å². The second-order valence-corrected chi connectivity index (χ2v) is 4.35. The van der Waals surface area contributed by atoms with Crippen molar-refractivity contribution in [3.8, 4) is 5.75 Å². The van der Waals surface area contributed by atoms with Gasteiger partial charge in [-0.3, -0.25) is 4.79 Å². The number of rotatable bonds is 0. The summed E-state index contributed by atoms with van der Waals surface area (Å²) in [5, 5.41) is 10.5. The highest BCUT2D eigenvalue weighted by Gasteiger charge is 1.97. The van der Waals surface area contributed by atoms with Crippen LogP contribution >= 0.6 is 0 Å². The summed E-state index contributed by atoms with van der Waals surface area (Å²) in [6.45, 7) is 0. The SMILES string of the molecule is C1CCCC1.CN.O=c1[nH]ccc2cc(O)ccc12. The molecule has 1 saturated carbocycles. The number of nitrogens with two attached hydrogens (primary N) is 1. The van der Waals surface area contributed by atoms with Crippen LogP contribution in [0, 0.1) is 0 Å². The van der Waals surface area contributed by atoms with Crippen LogP contribution < -0.4 is 11.3 Å². The number of nitrogens with one attached hydrogen (secondary N) is 1. The van der Waals surface area contributed by atoms with Gasteiger partial charge in [0.2, 0.25) is 0 Å². The summed E-state index contributed by atoms with van der Waals surface area (Å²) >= 11 is 0. The molecule has 4 nitrogen and oxygen atoms in total.